The first-order chi connectivity index (χ1) is 6.66. The summed E-state index contributed by atoms with van der Waals surface area (Å²) in [6, 6.07) is 0.365. The summed E-state index contributed by atoms with van der Waals surface area (Å²) in [6.45, 7) is 6.72. The molecule has 14 heavy (non-hydrogen) atoms. The zero-order valence-corrected chi connectivity index (χ0v) is 9.95. The Morgan fingerprint density at radius 2 is 2.00 bits per heavy atom. The van der Waals surface area contributed by atoms with Gasteiger partial charge in [0.2, 0.25) is 0 Å². The van der Waals surface area contributed by atoms with Crippen molar-refractivity contribution in [3.63, 3.8) is 0 Å². The first-order valence-corrected chi connectivity index (χ1v) is 5.18. The molecule has 0 saturated heterocycles. The summed E-state index contributed by atoms with van der Waals surface area (Å²) in [6.07, 6.45) is 0. The Hall–Kier alpha value is -0.390. The third kappa shape index (κ3) is 9.70. The second-order valence-corrected chi connectivity index (χ2v) is 3.57. The second kappa shape index (κ2) is 9.18. The van der Waals surface area contributed by atoms with Crippen LogP contribution >= 0.6 is 12.2 Å². The highest BCUT2D eigenvalue weighted by molar-refractivity contribution is 7.80. The van der Waals surface area contributed by atoms with E-state index in [9.17, 15) is 0 Å². The van der Waals surface area contributed by atoms with Gasteiger partial charge in [0.05, 0.1) is 19.8 Å². The van der Waals surface area contributed by atoms with Gasteiger partial charge in [-0.1, -0.05) is 0 Å². The summed E-state index contributed by atoms with van der Waals surface area (Å²) in [7, 11) is 1.66. The Bertz CT molecular complexity index is 154. The van der Waals surface area contributed by atoms with Crippen LogP contribution in [-0.4, -0.2) is 44.6 Å². The fourth-order valence-corrected chi connectivity index (χ4v) is 1.13. The lowest BCUT2D eigenvalue weighted by atomic mass is 10.4. The molecule has 0 heterocycles. The average molecular weight is 220 g/mol. The molecule has 0 aromatic heterocycles. The van der Waals surface area contributed by atoms with E-state index in [2.05, 4.69) is 10.6 Å². The molecule has 0 rings (SSSR count). The van der Waals surface area contributed by atoms with Crippen LogP contribution in [-0.2, 0) is 9.47 Å². The fourth-order valence-electron chi connectivity index (χ4n) is 0.794. The Morgan fingerprint density at radius 3 is 2.57 bits per heavy atom. The molecule has 0 aliphatic heterocycles. The van der Waals surface area contributed by atoms with Crippen molar-refractivity contribution in [2.24, 2.45) is 0 Å². The molecule has 0 spiro atoms. The van der Waals surface area contributed by atoms with Crippen LogP contribution in [0.25, 0.3) is 0 Å². The first-order valence-electron chi connectivity index (χ1n) is 4.78. The highest BCUT2D eigenvalue weighted by Crippen LogP contribution is 1.78. The lowest BCUT2D eigenvalue weighted by Crippen LogP contribution is -2.40. The van der Waals surface area contributed by atoms with Crippen molar-refractivity contribution >= 4 is 17.3 Å². The van der Waals surface area contributed by atoms with E-state index in [1.807, 2.05) is 13.8 Å². The maximum absolute atomic E-state index is 5.25. The van der Waals surface area contributed by atoms with Crippen LogP contribution in [0.15, 0.2) is 0 Å². The van der Waals surface area contributed by atoms with Crippen LogP contribution in [0.4, 0.5) is 0 Å². The number of thiocarbonyl (C=S) groups is 1. The van der Waals surface area contributed by atoms with Crippen LogP contribution in [0, 0.1) is 0 Å². The third-order valence-corrected chi connectivity index (χ3v) is 1.65. The van der Waals surface area contributed by atoms with Crippen LogP contribution < -0.4 is 10.6 Å². The molecule has 0 bridgehead atoms. The lowest BCUT2D eigenvalue weighted by Gasteiger charge is -2.12. The third-order valence-electron chi connectivity index (χ3n) is 1.38. The quantitative estimate of drug-likeness (QED) is 0.484. The van der Waals surface area contributed by atoms with E-state index in [1.54, 1.807) is 7.11 Å². The Labute approximate surface area is 91.3 Å². The van der Waals surface area contributed by atoms with Crippen molar-refractivity contribution in [3.8, 4) is 0 Å². The molecule has 4 nitrogen and oxygen atoms in total. The van der Waals surface area contributed by atoms with Gasteiger partial charge in [0.1, 0.15) is 0 Å². The van der Waals surface area contributed by atoms with E-state index >= 15 is 0 Å². The van der Waals surface area contributed by atoms with Gasteiger partial charge in [0.25, 0.3) is 0 Å². The zero-order valence-electron chi connectivity index (χ0n) is 9.13. The molecular formula is C9H20N2O2S. The molecule has 0 aliphatic rings. The van der Waals surface area contributed by atoms with Gasteiger partial charge in [-0.25, -0.2) is 0 Å². The van der Waals surface area contributed by atoms with E-state index in [0.717, 1.165) is 6.54 Å². The number of hydrogen-bond donors (Lipinski definition) is 2. The smallest absolute Gasteiger partial charge is 0.166 e. The molecular weight excluding hydrogens is 200 g/mol. The zero-order chi connectivity index (χ0) is 10.8. The summed E-state index contributed by atoms with van der Waals surface area (Å²) < 4.78 is 10.1. The normalized spacial score (nSPS) is 10.3. The van der Waals surface area contributed by atoms with E-state index in [-0.39, 0.29) is 0 Å². The van der Waals surface area contributed by atoms with Crippen molar-refractivity contribution in [2.75, 3.05) is 33.5 Å². The summed E-state index contributed by atoms with van der Waals surface area (Å²) in [5, 5.41) is 6.81. The Morgan fingerprint density at radius 1 is 1.29 bits per heavy atom. The highest BCUT2D eigenvalue weighted by Gasteiger charge is 1.96. The number of rotatable bonds is 7. The van der Waals surface area contributed by atoms with Gasteiger partial charge in [-0.2, -0.15) is 0 Å². The minimum Gasteiger partial charge on any atom is -0.382 e. The van der Waals surface area contributed by atoms with Crippen molar-refractivity contribution in [1.29, 1.82) is 0 Å². The van der Waals surface area contributed by atoms with E-state index in [0.29, 0.717) is 31.0 Å². The number of methoxy groups -OCH3 is 1. The largest absolute Gasteiger partial charge is 0.382 e. The molecule has 84 valence electrons. The van der Waals surface area contributed by atoms with Crippen LogP contribution in [0.2, 0.25) is 0 Å². The molecule has 2 N–H and O–H groups in total. The second-order valence-electron chi connectivity index (χ2n) is 3.16. The average Bonchev–Trinajstić information content (AvgIpc) is 2.10. The standard InChI is InChI=1S/C9H20N2O2S/c1-8(2)11-9(14)10-4-5-13-7-6-12-3/h8H,4-7H2,1-3H3,(H2,10,11,14). The molecule has 0 amide bonds. The molecule has 0 unspecified atom stereocenters. The molecule has 0 aromatic rings. The van der Waals surface area contributed by atoms with Crippen molar-refractivity contribution in [2.45, 2.75) is 19.9 Å². The van der Waals surface area contributed by atoms with Gasteiger partial charge >= 0.3 is 0 Å². The van der Waals surface area contributed by atoms with Crippen LogP contribution in [0.3, 0.4) is 0 Å². The molecule has 0 radical (unpaired) electrons. The number of hydrogen-bond acceptors (Lipinski definition) is 3. The van der Waals surface area contributed by atoms with E-state index in [4.69, 9.17) is 21.7 Å². The topological polar surface area (TPSA) is 42.5 Å². The summed E-state index contributed by atoms with van der Waals surface area (Å²) in [5.74, 6) is 0. The van der Waals surface area contributed by atoms with Gasteiger partial charge in [0, 0.05) is 19.7 Å². The summed E-state index contributed by atoms with van der Waals surface area (Å²) in [5.41, 5.74) is 0. The molecule has 0 aromatic carbocycles. The van der Waals surface area contributed by atoms with Gasteiger partial charge in [-0.15, -0.1) is 0 Å². The minimum absolute atomic E-state index is 0.365. The predicted octanol–water partition coefficient (Wildman–Crippen LogP) is 0.522. The Balaban J connectivity index is 3.15. The summed E-state index contributed by atoms with van der Waals surface area (Å²) in [4.78, 5) is 0. The SMILES string of the molecule is COCCOCCNC(=S)NC(C)C. The van der Waals surface area contributed by atoms with Crippen LogP contribution in [0.5, 0.6) is 0 Å². The Kier molecular flexibility index (Phi) is 8.92. The van der Waals surface area contributed by atoms with Crippen molar-refractivity contribution < 1.29 is 9.47 Å². The number of nitrogens with one attached hydrogen (secondary N) is 2. The van der Waals surface area contributed by atoms with Crippen molar-refractivity contribution in [1.82, 2.24) is 10.6 Å². The molecule has 0 atom stereocenters. The first kappa shape index (κ1) is 13.6. The molecule has 0 aliphatic carbocycles. The molecule has 5 heteroatoms. The molecule has 0 fully saturated rings. The maximum Gasteiger partial charge on any atom is 0.166 e. The number of ether oxygens (including phenoxy) is 2. The predicted molar refractivity (Wildman–Crippen MR) is 61.6 cm³/mol. The van der Waals surface area contributed by atoms with E-state index < -0.39 is 0 Å². The highest BCUT2D eigenvalue weighted by atomic mass is 32.1. The minimum atomic E-state index is 0.365. The van der Waals surface area contributed by atoms with E-state index in [1.165, 1.54) is 0 Å². The molecule has 0 saturated carbocycles. The van der Waals surface area contributed by atoms with Gasteiger partial charge in [-0.05, 0) is 26.1 Å². The maximum atomic E-state index is 5.25. The van der Waals surface area contributed by atoms with Crippen LogP contribution in [0.1, 0.15) is 13.8 Å². The fraction of sp³-hybridized carbons (Fsp3) is 0.889. The van der Waals surface area contributed by atoms with Crippen molar-refractivity contribution in [3.05, 3.63) is 0 Å². The lowest BCUT2D eigenvalue weighted by molar-refractivity contribution is 0.0734. The van der Waals surface area contributed by atoms with Gasteiger partial charge in [0.15, 0.2) is 5.11 Å². The van der Waals surface area contributed by atoms with Gasteiger partial charge in [-0.3, -0.25) is 0 Å². The monoisotopic (exact) mass is 220 g/mol. The van der Waals surface area contributed by atoms with Gasteiger partial charge < -0.3 is 20.1 Å². The summed E-state index contributed by atoms with van der Waals surface area (Å²) >= 11 is 5.03.